The maximum absolute atomic E-state index is 11.7. The Balaban J connectivity index is 3.18. The van der Waals surface area contributed by atoms with Gasteiger partial charge in [-0.3, -0.25) is 4.79 Å². The molecule has 0 aliphatic carbocycles. The van der Waals surface area contributed by atoms with Crippen LogP contribution >= 0.6 is 0 Å². The number of ketones is 1. The van der Waals surface area contributed by atoms with Crippen molar-refractivity contribution in [3.63, 3.8) is 0 Å². The monoisotopic (exact) mass is 307 g/mol. The van der Waals surface area contributed by atoms with Gasteiger partial charge in [-0.05, 0) is 25.1 Å². The second kappa shape index (κ2) is 7.82. The van der Waals surface area contributed by atoms with Crippen molar-refractivity contribution < 1.29 is 28.6 Å². The Hall–Kier alpha value is -2.83. The Bertz CT molecular complexity index is 620. The summed E-state index contributed by atoms with van der Waals surface area (Å²) in [6, 6.07) is 4.65. The first-order chi connectivity index (χ1) is 10.4. The summed E-state index contributed by atoms with van der Waals surface area (Å²) in [5.74, 6) is -1.24. The van der Waals surface area contributed by atoms with Crippen molar-refractivity contribution in [1.29, 1.82) is 0 Å². The fourth-order valence-corrected chi connectivity index (χ4v) is 1.59. The lowest BCUT2D eigenvalue weighted by Gasteiger charge is -2.13. The lowest BCUT2D eigenvalue weighted by molar-refractivity contribution is -0.138. The zero-order valence-corrected chi connectivity index (χ0v) is 12.8. The Morgan fingerprint density at radius 2 is 1.77 bits per heavy atom. The topological polar surface area (TPSA) is 90.9 Å². The minimum atomic E-state index is -0.747. The average Bonchev–Trinajstić information content (AvgIpc) is 2.53. The van der Waals surface area contributed by atoms with Crippen molar-refractivity contribution in [2.75, 3.05) is 26.6 Å². The van der Waals surface area contributed by atoms with Crippen LogP contribution in [0.3, 0.4) is 0 Å². The maximum atomic E-state index is 11.7. The lowest BCUT2D eigenvalue weighted by Crippen LogP contribution is -2.16. The third-order valence-electron chi connectivity index (χ3n) is 2.75. The number of esters is 2. The van der Waals surface area contributed by atoms with Crippen LogP contribution in [0.15, 0.2) is 30.0 Å². The predicted octanol–water partition coefficient (Wildman–Crippen LogP) is 1.54. The summed E-state index contributed by atoms with van der Waals surface area (Å²) in [4.78, 5) is 34.4. The molecule has 1 aromatic carbocycles. The van der Waals surface area contributed by atoms with Gasteiger partial charge in [0.15, 0.2) is 5.78 Å². The Kier molecular flexibility index (Phi) is 6.12. The molecule has 0 fully saturated rings. The van der Waals surface area contributed by atoms with E-state index in [9.17, 15) is 14.4 Å². The van der Waals surface area contributed by atoms with E-state index in [-0.39, 0.29) is 11.5 Å². The van der Waals surface area contributed by atoms with E-state index in [2.05, 4.69) is 14.8 Å². The summed E-state index contributed by atoms with van der Waals surface area (Å²) >= 11 is 0. The molecule has 7 heteroatoms. The summed E-state index contributed by atoms with van der Waals surface area (Å²) in [7, 11) is 3.80. The van der Waals surface area contributed by atoms with Gasteiger partial charge in [-0.15, -0.1) is 0 Å². The minimum Gasteiger partial charge on any atom is -0.495 e. The van der Waals surface area contributed by atoms with Crippen LogP contribution in [0.25, 0.3) is 0 Å². The largest absolute Gasteiger partial charge is 0.495 e. The van der Waals surface area contributed by atoms with Crippen molar-refractivity contribution in [3.05, 3.63) is 35.5 Å². The highest BCUT2D eigenvalue weighted by atomic mass is 16.5. The third kappa shape index (κ3) is 4.34. The fraction of sp³-hybridized carbons (Fsp3) is 0.267. The molecule has 0 saturated heterocycles. The van der Waals surface area contributed by atoms with Gasteiger partial charge in [0, 0.05) is 5.56 Å². The van der Waals surface area contributed by atoms with E-state index < -0.39 is 11.9 Å². The standard InChI is InChI=1S/C15H17NO6/c1-9(17)10-5-6-11(13(7-10)20-2)16-12(15(19)22-4)8-14(18)21-3/h5-8,16H,1-4H3/b12-8+. The molecule has 0 aliphatic rings. The van der Waals surface area contributed by atoms with Crippen LogP contribution in [0.4, 0.5) is 5.69 Å². The summed E-state index contributed by atoms with van der Waals surface area (Å²) < 4.78 is 14.2. The minimum absolute atomic E-state index is 0.122. The molecule has 0 aromatic heterocycles. The second-order valence-corrected chi connectivity index (χ2v) is 4.17. The second-order valence-electron chi connectivity index (χ2n) is 4.17. The summed E-state index contributed by atoms with van der Waals surface area (Å²) in [6.45, 7) is 1.43. The normalized spacial score (nSPS) is 10.6. The fourth-order valence-electron chi connectivity index (χ4n) is 1.59. The van der Waals surface area contributed by atoms with Crippen molar-refractivity contribution in [1.82, 2.24) is 0 Å². The van der Waals surface area contributed by atoms with Gasteiger partial charge in [-0.25, -0.2) is 9.59 Å². The number of benzene rings is 1. The molecular weight excluding hydrogens is 290 g/mol. The number of anilines is 1. The Morgan fingerprint density at radius 1 is 1.09 bits per heavy atom. The SMILES string of the molecule is COC(=O)/C=C(/Nc1ccc(C(C)=O)cc1OC)C(=O)OC. The van der Waals surface area contributed by atoms with Crippen LogP contribution in [-0.4, -0.2) is 39.1 Å². The highest BCUT2D eigenvalue weighted by Crippen LogP contribution is 2.27. The molecule has 0 heterocycles. The third-order valence-corrected chi connectivity index (χ3v) is 2.75. The van der Waals surface area contributed by atoms with Gasteiger partial charge in [-0.1, -0.05) is 0 Å². The van der Waals surface area contributed by atoms with Gasteiger partial charge in [0.05, 0.1) is 33.1 Å². The number of rotatable bonds is 6. The van der Waals surface area contributed by atoms with Crippen molar-refractivity contribution in [2.24, 2.45) is 0 Å². The first kappa shape index (κ1) is 17.2. The highest BCUT2D eigenvalue weighted by Gasteiger charge is 2.15. The van der Waals surface area contributed by atoms with Gasteiger partial charge in [-0.2, -0.15) is 0 Å². The number of methoxy groups -OCH3 is 3. The van der Waals surface area contributed by atoms with Crippen LogP contribution in [0.1, 0.15) is 17.3 Å². The number of nitrogens with one attached hydrogen (secondary N) is 1. The molecule has 1 aromatic rings. The smallest absolute Gasteiger partial charge is 0.354 e. The van der Waals surface area contributed by atoms with Gasteiger partial charge < -0.3 is 19.5 Å². The van der Waals surface area contributed by atoms with Crippen molar-refractivity contribution >= 4 is 23.4 Å². The molecule has 7 nitrogen and oxygen atoms in total. The van der Waals surface area contributed by atoms with Crippen LogP contribution in [-0.2, 0) is 19.1 Å². The highest BCUT2D eigenvalue weighted by molar-refractivity contribution is 5.99. The van der Waals surface area contributed by atoms with Gasteiger partial charge >= 0.3 is 11.9 Å². The molecule has 0 spiro atoms. The molecule has 22 heavy (non-hydrogen) atoms. The summed E-state index contributed by atoms with van der Waals surface area (Å²) in [6.07, 6.45) is 0.962. The average molecular weight is 307 g/mol. The first-order valence-corrected chi connectivity index (χ1v) is 6.26. The number of Topliss-reactive ketones (excluding diaryl/α,β-unsaturated/α-hetero) is 1. The van der Waals surface area contributed by atoms with Crippen molar-refractivity contribution in [2.45, 2.75) is 6.92 Å². The lowest BCUT2D eigenvalue weighted by atomic mass is 10.1. The van der Waals surface area contributed by atoms with E-state index in [0.29, 0.717) is 17.0 Å². The summed E-state index contributed by atoms with van der Waals surface area (Å²) in [5.41, 5.74) is 0.732. The molecule has 0 unspecified atom stereocenters. The van der Waals surface area contributed by atoms with Crippen LogP contribution in [0, 0.1) is 0 Å². The molecular formula is C15H17NO6. The van der Waals surface area contributed by atoms with E-state index in [1.165, 1.54) is 34.3 Å². The van der Waals surface area contributed by atoms with E-state index in [1.807, 2.05) is 0 Å². The Morgan fingerprint density at radius 3 is 2.27 bits per heavy atom. The van der Waals surface area contributed by atoms with Gasteiger partial charge in [0.2, 0.25) is 0 Å². The van der Waals surface area contributed by atoms with Gasteiger partial charge in [0.1, 0.15) is 11.4 Å². The molecule has 0 atom stereocenters. The number of carbonyl (C=O) groups is 3. The zero-order chi connectivity index (χ0) is 16.7. The quantitative estimate of drug-likeness (QED) is 0.484. The molecule has 1 rings (SSSR count). The van der Waals surface area contributed by atoms with Crippen LogP contribution < -0.4 is 10.1 Å². The molecule has 118 valence electrons. The van der Waals surface area contributed by atoms with Gasteiger partial charge in [0.25, 0.3) is 0 Å². The summed E-state index contributed by atoms with van der Waals surface area (Å²) in [5, 5.41) is 2.73. The molecule has 0 radical (unpaired) electrons. The molecule has 1 N–H and O–H groups in total. The van der Waals surface area contributed by atoms with Crippen LogP contribution in [0.5, 0.6) is 5.75 Å². The maximum Gasteiger partial charge on any atom is 0.354 e. The number of hydrogen-bond acceptors (Lipinski definition) is 7. The van der Waals surface area contributed by atoms with Crippen LogP contribution in [0.2, 0.25) is 0 Å². The number of hydrogen-bond donors (Lipinski definition) is 1. The predicted molar refractivity (Wildman–Crippen MR) is 78.7 cm³/mol. The Labute approximate surface area is 127 Å². The molecule has 0 bridgehead atoms. The van der Waals surface area contributed by atoms with Crippen molar-refractivity contribution in [3.8, 4) is 5.75 Å². The van der Waals surface area contributed by atoms with E-state index in [4.69, 9.17) is 4.74 Å². The zero-order valence-electron chi connectivity index (χ0n) is 12.8. The number of carbonyl (C=O) groups excluding carboxylic acids is 3. The number of ether oxygens (including phenoxy) is 3. The van der Waals surface area contributed by atoms with E-state index in [1.54, 1.807) is 12.1 Å². The molecule has 0 saturated carbocycles. The first-order valence-electron chi connectivity index (χ1n) is 6.26. The van der Waals surface area contributed by atoms with E-state index in [0.717, 1.165) is 6.08 Å². The molecule has 0 amide bonds. The molecule has 0 aliphatic heterocycles. The van der Waals surface area contributed by atoms with E-state index >= 15 is 0 Å².